The van der Waals surface area contributed by atoms with Gasteiger partial charge in [-0.25, -0.2) is 8.78 Å². The molecule has 7 nitrogen and oxygen atoms in total. The van der Waals surface area contributed by atoms with Gasteiger partial charge in [0, 0.05) is 36.4 Å². The number of halogens is 2. The summed E-state index contributed by atoms with van der Waals surface area (Å²) in [5.74, 6) is 0.148. The molecule has 3 heterocycles. The number of hydrogen-bond donors (Lipinski definition) is 1. The lowest BCUT2D eigenvalue weighted by molar-refractivity contribution is 0.122. The summed E-state index contributed by atoms with van der Waals surface area (Å²) in [7, 11) is 0. The number of ether oxygens (including phenoxy) is 1. The summed E-state index contributed by atoms with van der Waals surface area (Å²) in [6.07, 6.45) is 0. The number of benzene rings is 2. The zero-order chi connectivity index (χ0) is 21.2. The number of anilines is 2. The molecule has 1 aliphatic rings. The number of hydrogen-bond acceptors (Lipinski definition) is 6. The molecule has 0 bridgehead atoms. The highest BCUT2D eigenvalue weighted by Crippen LogP contribution is 2.23. The monoisotopic (exact) mass is 422 g/mol. The highest BCUT2D eigenvalue weighted by atomic mass is 19.1. The fourth-order valence-corrected chi connectivity index (χ4v) is 3.57. The maximum atomic E-state index is 13.9. The first-order chi connectivity index (χ1) is 15.2. The number of nitrogens with one attached hydrogen (secondary N) is 1. The maximum absolute atomic E-state index is 13.9. The molecule has 5 rings (SSSR count). The fraction of sp³-hybridized carbons (Fsp3) is 0.227. The molecular formula is C22H20F2N6O. The van der Waals surface area contributed by atoms with Gasteiger partial charge in [-0.05, 0) is 54.6 Å². The van der Waals surface area contributed by atoms with E-state index in [0.717, 1.165) is 49.7 Å². The van der Waals surface area contributed by atoms with Gasteiger partial charge in [0.25, 0.3) is 0 Å². The van der Waals surface area contributed by atoms with Crippen LogP contribution in [-0.2, 0) is 11.3 Å². The molecule has 31 heavy (non-hydrogen) atoms. The van der Waals surface area contributed by atoms with E-state index in [-0.39, 0.29) is 12.1 Å². The van der Waals surface area contributed by atoms with E-state index < -0.39 is 11.6 Å². The van der Waals surface area contributed by atoms with E-state index in [0.29, 0.717) is 17.3 Å². The molecule has 0 atom stereocenters. The van der Waals surface area contributed by atoms with E-state index in [9.17, 15) is 8.78 Å². The van der Waals surface area contributed by atoms with Crippen LogP contribution in [0.1, 0.15) is 5.56 Å². The van der Waals surface area contributed by atoms with E-state index in [1.807, 2.05) is 12.1 Å². The van der Waals surface area contributed by atoms with Crippen molar-refractivity contribution in [1.82, 2.24) is 19.8 Å². The van der Waals surface area contributed by atoms with E-state index in [1.54, 1.807) is 16.6 Å². The predicted molar refractivity (Wildman–Crippen MR) is 113 cm³/mol. The number of fused-ring (bicyclic) bond motifs is 1. The van der Waals surface area contributed by atoms with Crippen LogP contribution in [0.3, 0.4) is 0 Å². The Morgan fingerprint density at radius 1 is 0.935 bits per heavy atom. The molecule has 1 aliphatic heterocycles. The van der Waals surface area contributed by atoms with Crippen molar-refractivity contribution in [2.45, 2.75) is 6.54 Å². The van der Waals surface area contributed by atoms with Crippen LogP contribution in [0.2, 0.25) is 0 Å². The van der Waals surface area contributed by atoms with Gasteiger partial charge in [-0.15, -0.1) is 15.3 Å². The molecule has 1 fully saturated rings. The van der Waals surface area contributed by atoms with Gasteiger partial charge in [0.15, 0.2) is 11.5 Å². The molecule has 0 amide bonds. The fourth-order valence-electron chi connectivity index (χ4n) is 3.57. The largest absolute Gasteiger partial charge is 0.378 e. The van der Waals surface area contributed by atoms with Crippen LogP contribution in [0.5, 0.6) is 0 Å². The second kappa shape index (κ2) is 8.27. The predicted octanol–water partition coefficient (Wildman–Crippen LogP) is 3.52. The Bertz CT molecular complexity index is 1200. The molecular weight excluding hydrogens is 402 g/mol. The van der Waals surface area contributed by atoms with Gasteiger partial charge in [0.1, 0.15) is 17.5 Å². The first kappa shape index (κ1) is 19.4. The summed E-state index contributed by atoms with van der Waals surface area (Å²) in [6, 6.07) is 15.0. The highest BCUT2D eigenvalue weighted by molar-refractivity contribution is 5.63. The summed E-state index contributed by atoms with van der Waals surface area (Å²) in [5.41, 5.74) is 2.83. The van der Waals surface area contributed by atoms with Crippen LogP contribution >= 0.6 is 0 Å². The number of morpholine rings is 1. The van der Waals surface area contributed by atoms with Crippen LogP contribution in [0.4, 0.5) is 20.3 Å². The molecule has 2 aromatic heterocycles. The van der Waals surface area contributed by atoms with Crippen molar-refractivity contribution in [1.29, 1.82) is 0 Å². The third kappa shape index (κ3) is 4.04. The number of rotatable bonds is 5. The zero-order valence-corrected chi connectivity index (χ0v) is 16.6. The third-order valence-electron chi connectivity index (χ3n) is 5.23. The van der Waals surface area contributed by atoms with Crippen LogP contribution in [0, 0.1) is 11.6 Å². The van der Waals surface area contributed by atoms with Crippen molar-refractivity contribution in [3.8, 4) is 11.4 Å². The summed E-state index contributed by atoms with van der Waals surface area (Å²) in [6.45, 7) is 3.31. The molecule has 0 aliphatic carbocycles. The van der Waals surface area contributed by atoms with Crippen molar-refractivity contribution in [2.24, 2.45) is 0 Å². The molecule has 1 saturated heterocycles. The Morgan fingerprint density at radius 2 is 1.74 bits per heavy atom. The molecule has 0 spiro atoms. The second-order valence-corrected chi connectivity index (χ2v) is 7.25. The van der Waals surface area contributed by atoms with E-state index in [1.165, 1.54) is 6.07 Å². The molecule has 2 aromatic carbocycles. The Kier molecular flexibility index (Phi) is 5.17. The lowest BCUT2D eigenvalue weighted by Gasteiger charge is -2.28. The van der Waals surface area contributed by atoms with Gasteiger partial charge < -0.3 is 15.0 Å². The van der Waals surface area contributed by atoms with Gasteiger partial charge in [0.05, 0.1) is 13.2 Å². The maximum Gasteiger partial charge on any atom is 0.185 e. The van der Waals surface area contributed by atoms with Gasteiger partial charge >= 0.3 is 0 Å². The summed E-state index contributed by atoms with van der Waals surface area (Å²) >= 11 is 0. The molecule has 4 aromatic rings. The Hall–Kier alpha value is -3.59. The first-order valence-electron chi connectivity index (χ1n) is 10.0. The van der Waals surface area contributed by atoms with Crippen LogP contribution in [0.15, 0.2) is 54.6 Å². The van der Waals surface area contributed by atoms with Crippen molar-refractivity contribution in [3.63, 3.8) is 0 Å². The normalized spacial score (nSPS) is 14.2. The van der Waals surface area contributed by atoms with Gasteiger partial charge in [-0.2, -0.15) is 4.52 Å². The molecule has 1 N–H and O–H groups in total. The van der Waals surface area contributed by atoms with Gasteiger partial charge in [-0.1, -0.05) is 0 Å². The van der Waals surface area contributed by atoms with E-state index >= 15 is 0 Å². The minimum atomic E-state index is -0.483. The quantitative estimate of drug-likeness (QED) is 0.531. The van der Waals surface area contributed by atoms with Gasteiger partial charge in [-0.3, -0.25) is 0 Å². The van der Waals surface area contributed by atoms with Gasteiger partial charge in [0.2, 0.25) is 0 Å². The Morgan fingerprint density at radius 3 is 2.55 bits per heavy atom. The number of aromatic nitrogens is 4. The number of nitrogens with zero attached hydrogens (tertiary/aromatic N) is 5. The minimum Gasteiger partial charge on any atom is -0.378 e. The lowest BCUT2D eigenvalue weighted by atomic mass is 10.2. The lowest BCUT2D eigenvalue weighted by Crippen LogP contribution is -2.36. The molecule has 0 unspecified atom stereocenters. The molecule has 0 saturated carbocycles. The van der Waals surface area contributed by atoms with Crippen LogP contribution in [-0.4, -0.2) is 46.1 Å². The van der Waals surface area contributed by atoms with Crippen molar-refractivity contribution < 1.29 is 13.5 Å². The summed E-state index contributed by atoms with van der Waals surface area (Å²) in [5, 5.41) is 16.0. The van der Waals surface area contributed by atoms with Crippen molar-refractivity contribution >= 4 is 17.2 Å². The third-order valence-corrected chi connectivity index (χ3v) is 5.23. The summed E-state index contributed by atoms with van der Waals surface area (Å²) < 4.78 is 34.3. The van der Waals surface area contributed by atoms with Crippen molar-refractivity contribution in [3.05, 3.63) is 71.8 Å². The van der Waals surface area contributed by atoms with Crippen LogP contribution < -0.4 is 10.2 Å². The smallest absolute Gasteiger partial charge is 0.185 e. The Labute approximate surface area is 177 Å². The first-order valence-corrected chi connectivity index (χ1v) is 10.0. The Balaban J connectivity index is 1.38. The standard InChI is InChI=1S/C22H20F2N6O/c23-17-3-6-19(24)16(13-17)14-25-20-7-8-21-26-27-22(30(21)28-20)15-1-4-18(5-2-15)29-9-11-31-12-10-29/h1-8,13H,9-12,14H2,(H,25,28). The SMILES string of the molecule is Fc1ccc(F)c(CNc2ccc3nnc(-c4ccc(N5CCOCC5)cc4)n3n2)c1. The summed E-state index contributed by atoms with van der Waals surface area (Å²) in [4.78, 5) is 2.28. The minimum absolute atomic E-state index is 0.105. The van der Waals surface area contributed by atoms with E-state index in [4.69, 9.17) is 4.74 Å². The second-order valence-electron chi connectivity index (χ2n) is 7.25. The van der Waals surface area contributed by atoms with Crippen LogP contribution in [0.25, 0.3) is 17.0 Å². The molecule has 9 heteroatoms. The average molecular weight is 422 g/mol. The zero-order valence-electron chi connectivity index (χ0n) is 16.6. The molecule has 0 radical (unpaired) electrons. The van der Waals surface area contributed by atoms with Crippen molar-refractivity contribution in [2.75, 3.05) is 36.5 Å². The topological polar surface area (TPSA) is 67.6 Å². The highest BCUT2D eigenvalue weighted by Gasteiger charge is 2.14. The average Bonchev–Trinajstić information content (AvgIpc) is 3.24. The van der Waals surface area contributed by atoms with E-state index in [2.05, 4.69) is 37.6 Å². The molecule has 158 valence electrons.